The third-order valence-corrected chi connectivity index (χ3v) is 9.31. The van der Waals surface area contributed by atoms with Crippen LogP contribution in [0.3, 0.4) is 0 Å². The Kier molecular flexibility index (Phi) is 7.63. The van der Waals surface area contributed by atoms with E-state index in [2.05, 4.69) is 138 Å². The Morgan fingerprint density at radius 3 is 1.51 bits per heavy atom. The first-order chi connectivity index (χ1) is 25.2. The van der Waals surface area contributed by atoms with Crippen molar-refractivity contribution in [1.29, 1.82) is 0 Å². The van der Waals surface area contributed by atoms with Crippen molar-refractivity contribution in [2.75, 3.05) is 4.90 Å². The van der Waals surface area contributed by atoms with Gasteiger partial charge in [-0.3, -0.25) is 0 Å². The fourth-order valence-corrected chi connectivity index (χ4v) is 6.86. The summed E-state index contributed by atoms with van der Waals surface area (Å²) < 4.78 is 2.36. The number of nitrogens with zero attached hydrogens (tertiary/aromatic N) is 5. The van der Waals surface area contributed by atoms with E-state index in [1.807, 2.05) is 60.7 Å². The fraction of sp³-hybridized carbons (Fsp3) is 0.0217. The zero-order valence-electron chi connectivity index (χ0n) is 28.1. The molecule has 0 fully saturated rings. The van der Waals surface area contributed by atoms with Gasteiger partial charge in [0.1, 0.15) is 0 Å². The summed E-state index contributed by atoms with van der Waals surface area (Å²) in [4.78, 5) is 17.1. The zero-order valence-corrected chi connectivity index (χ0v) is 28.1. The molecule has 9 rings (SSSR count). The number of hydrogen-bond acceptors (Lipinski definition) is 4. The summed E-state index contributed by atoms with van der Waals surface area (Å²) in [5.41, 5.74) is 10.7. The van der Waals surface area contributed by atoms with Gasteiger partial charge in [0.25, 0.3) is 0 Å². The molecule has 0 atom stereocenters. The summed E-state index contributed by atoms with van der Waals surface area (Å²) in [6.45, 7) is 2.13. The fourth-order valence-electron chi connectivity index (χ4n) is 6.86. The van der Waals surface area contributed by atoms with Crippen LogP contribution in [0.5, 0.6) is 0 Å². The Bertz CT molecular complexity index is 2560. The molecule has 5 nitrogen and oxygen atoms in total. The number of aryl methyl sites for hydroxylation is 1. The van der Waals surface area contributed by atoms with Crippen LogP contribution in [-0.2, 0) is 0 Å². The molecule has 0 N–H and O–H groups in total. The van der Waals surface area contributed by atoms with Gasteiger partial charge in [-0.05, 0) is 73.7 Å². The van der Waals surface area contributed by atoms with Crippen LogP contribution in [-0.4, -0.2) is 19.5 Å². The summed E-state index contributed by atoms with van der Waals surface area (Å²) in [7, 11) is 0. The van der Waals surface area contributed by atoms with Gasteiger partial charge in [-0.25, -0.2) is 15.0 Å². The SMILES string of the molecule is Cc1ccc(N(c2ccccc2)c2cccc3c2c2ccccc2n3-c2ccc(-c3nc(-c4ccccc4)nc(-c4ccccc4)n3)cc2)cc1. The normalized spacial score (nSPS) is 11.2. The maximum absolute atomic E-state index is 4.95. The Balaban J connectivity index is 1.19. The lowest BCUT2D eigenvalue weighted by atomic mass is 10.1. The molecule has 0 saturated heterocycles. The summed E-state index contributed by atoms with van der Waals surface area (Å²) in [5, 5.41) is 2.39. The predicted molar refractivity (Wildman–Crippen MR) is 210 cm³/mol. The number of fused-ring (bicyclic) bond motifs is 3. The Labute approximate surface area is 296 Å². The molecule has 0 bridgehead atoms. The third kappa shape index (κ3) is 5.61. The van der Waals surface area contributed by atoms with Gasteiger partial charge in [-0.2, -0.15) is 0 Å². The van der Waals surface area contributed by atoms with Gasteiger partial charge in [-0.15, -0.1) is 0 Å². The summed E-state index contributed by atoms with van der Waals surface area (Å²) in [5.74, 6) is 1.93. The van der Waals surface area contributed by atoms with Gasteiger partial charge in [-0.1, -0.05) is 121 Å². The molecule has 0 aliphatic rings. The quantitative estimate of drug-likeness (QED) is 0.171. The van der Waals surface area contributed by atoms with E-state index in [-0.39, 0.29) is 0 Å². The first-order valence-corrected chi connectivity index (χ1v) is 17.1. The Hall–Kier alpha value is -6.85. The highest BCUT2D eigenvalue weighted by Gasteiger charge is 2.21. The van der Waals surface area contributed by atoms with Crippen molar-refractivity contribution >= 4 is 38.9 Å². The molecule has 9 aromatic rings. The highest BCUT2D eigenvalue weighted by Crippen LogP contribution is 2.43. The standard InChI is InChI=1S/C46H33N5/c1-32-24-28-37(29-25-32)50(36-18-9-4-10-19-36)41-22-13-23-42-43(41)39-20-11-12-21-40(39)51(42)38-30-26-35(27-31-38)46-48-44(33-14-5-2-6-15-33)47-45(49-46)34-16-7-3-8-17-34/h2-31H,1H3. The first kappa shape index (κ1) is 30.2. The highest BCUT2D eigenvalue weighted by molar-refractivity contribution is 6.16. The molecule has 0 unspecified atom stereocenters. The number of rotatable bonds is 7. The topological polar surface area (TPSA) is 46.8 Å². The van der Waals surface area contributed by atoms with Crippen LogP contribution < -0.4 is 4.90 Å². The first-order valence-electron chi connectivity index (χ1n) is 17.1. The highest BCUT2D eigenvalue weighted by atomic mass is 15.1. The average molecular weight is 656 g/mol. The van der Waals surface area contributed by atoms with E-state index in [0.717, 1.165) is 50.5 Å². The summed E-state index contributed by atoms with van der Waals surface area (Å²) >= 11 is 0. The van der Waals surface area contributed by atoms with Gasteiger partial charge in [0.15, 0.2) is 17.5 Å². The van der Waals surface area contributed by atoms with Crippen LogP contribution >= 0.6 is 0 Å². The number of para-hydroxylation sites is 2. The second kappa shape index (κ2) is 12.9. The summed E-state index contributed by atoms with van der Waals surface area (Å²) in [6.07, 6.45) is 0. The molecule has 2 heterocycles. The lowest BCUT2D eigenvalue weighted by Gasteiger charge is -2.26. The van der Waals surface area contributed by atoms with Crippen LogP contribution in [0.2, 0.25) is 0 Å². The van der Waals surface area contributed by atoms with Gasteiger partial charge in [0.05, 0.1) is 16.7 Å². The lowest BCUT2D eigenvalue weighted by Crippen LogP contribution is -2.10. The van der Waals surface area contributed by atoms with E-state index in [1.165, 1.54) is 16.3 Å². The average Bonchev–Trinajstić information content (AvgIpc) is 3.55. The Morgan fingerprint density at radius 1 is 0.412 bits per heavy atom. The van der Waals surface area contributed by atoms with Crippen LogP contribution in [0.1, 0.15) is 5.56 Å². The molecule has 0 aliphatic heterocycles. The molecule has 0 amide bonds. The second-order valence-electron chi connectivity index (χ2n) is 12.6. The minimum absolute atomic E-state index is 0.635. The van der Waals surface area contributed by atoms with Gasteiger partial charge < -0.3 is 9.47 Å². The third-order valence-electron chi connectivity index (χ3n) is 9.31. The molecule has 0 saturated carbocycles. The van der Waals surface area contributed by atoms with Gasteiger partial charge >= 0.3 is 0 Å². The number of hydrogen-bond donors (Lipinski definition) is 0. The van der Waals surface area contributed by atoms with E-state index in [1.54, 1.807) is 0 Å². The summed E-state index contributed by atoms with van der Waals surface area (Å²) in [6, 6.07) is 63.3. The van der Waals surface area contributed by atoms with Crippen molar-refractivity contribution in [3.8, 4) is 39.9 Å². The van der Waals surface area contributed by atoms with Crippen molar-refractivity contribution < 1.29 is 0 Å². The molecule has 2 aromatic heterocycles. The molecular formula is C46H33N5. The van der Waals surface area contributed by atoms with E-state index in [4.69, 9.17) is 15.0 Å². The molecule has 242 valence electrons. The van der Waals surface area contributed by atoms with E-state index < -0.39 is 0 Å². The molecule has 7 aromatic carbocycles. The van der Waals surface area contributed by atoms with E-state index >= 15 is 0 Å². The minimum atomic E-state index is 0.635. The smallest absolute Gasteiger partial charge is 0.164 e. The maximum Gasteiger partial charge on any atom is 0.164 e. The molecule has 0 radical (unpaired) electrons. The van der Waals surface area contributed by atoms with Crippen LogP contribution in [0, 0.1) is 6.92 Å². The second-order valence-corrected chi connectivity index (χ2v) is 12.6. The molecule has 5 heteroatoms. The maximum atomic E-state index is 4.95. The van der Waals surface area contributed by atoms with Crippen molar-refractivity contribution in [1.82, 2.24) is 19.5 Å². The van der Waals surface area contributed by atoms with Gasteiger partial charge in [0, 0.05) is 44.5 Å². The van der Waals surface area contributed by atoms with Crippen LogP contribution in [0.25, 0.3) is 61.7 Å². The lowest BCUT2D eigenvalue weighted by molar-refractivity contribution is 1.07. The van der Waals surface area contributed by atoms with Crippen molar-refractivity contribution in [3.05, 3.63) is 188 Å². The number of anilines is 3. The molecule has 0 spiro atoms. The molecule has 0 aliphatic carbocycles. The molecular weight excluding hydrogens is 623 g/mol. The number of benzene rings is 7. The van der Waals surface area contributed by atoms with Crippen molar-refractivity contribution in [2.24, 2.45) is 0 Å². The zero-order chi connectivity index (χ0) is 34.1. The largest absolute Gasteiger partial charge is 0.310 e. The monoisotopic (exact) mass is 655 g/mol. The predicted octanol–water partition coefficient (Wildman–Crippen LogP) is 11.7. The van der Waals surface area contributed by atoms with Gasteiger partial charge in [0.2, 0.25) is 0 Å². The number of aromatic nitrogens is 4. The van der Waals surface area contributed by atoms with Crippen LogP contribution in [0.4, 0.5) is 17.1 Å². The van der Waals surface area contributed by atoms with Crippen molar-refractivity contribution in [2.45, 2.75) is 6.92 Å². The minimum Gasteiger partial charge on any atom is -0.310 e. The molecule has 51 heavy (non-hydrogen) atoms. The van der Waals surface area contributed by atoms with E-state index in [9.17, 15) is 0 Å². The van der Waals surface area contributed by atoms with E-state index in [0.29, 0.717) is 17.5 Å². The van der Waals surface area contributed by atoms with Crippen LogP contribution in [0.15, 0.2) is 182 Å². The Morgan fingerprint density at radius 2 is 0.902 bits per heavy atom. The van der Waals surface area contributed by atoms with Crippen molar-refractivity contribution in [3.63, 3.8) is 0 Å².